The maximum absolute atomic E-state index is 13.4. The van der Waals surface area contributed by atoms with Gasteiger partial charge in [-0.3, -0.25) is 0 Å². The van der Waals surface area contributed by atoms with E-state index in [1.807, 2.05) is 0 Å². The molecule has 94 valence electrons. The first kappa shape index (κ1) is 12.0. The second-order valence-corrected chi connectivity index (χ2v) is 4.44. The number of likely N-dealkylation sites (tertiary alicyclic amines) is 1. The molecule has 2 rings (SSSR count). The summed E-state index contributed by atoms with van der Waals surface area (Å²) in [5.41, 5.74) is 0. The van der Waals surface area contributed by atoms with Gasteiger partial charge in [-0.25, -0.2) is 9.37 Å². The Labute approximate surface area is 100 Å². The number of rotatable bonds is 4. The lowest BCUT2D eigenvalue weighted by molar-refractivity contribution is 0.399. The molecule has 1 unspecified atom stereocenters. The molecule has 0 bridgehead atoms. The molecule has 1 aromatic heterocycles. The van der Waals surface area contributed by atoms with Crippen LogP contribution >= 0.6 is 0 Å². The van der Waals surface area contributed by atoms with Crippen molar-refractivity contribution < 1.29 is 4.39 Å². The second-order valence-electron chi connectivity index (χ2n) is 4.44. The van der Waals surface area contributed by atoms with Crippen molar-refractivity contribution in [1.29, 1.82) is 0 Å². The smallest absolute Gasteiger partial charge is 0.224 e. The van der Waals surface area contributed by atoms with E-state index in [-0.39, 0.29) is 5.82 Å². The normalized spacial score (nSPS) is 20.5. The molecule has 2 N–H and O–H groups in total. The van der Waals surface area contributed by atoms with Crippen LogP contribution in [0.2, 0.25) is 0 Å². The van der Waals surface area contributed by atoms with Crippen LogP contribution in [0.3, 0.4) is 0 Å². The monoisotopic (exact) mass is 239 g/mol. The third-order valence-electron chi connectivity index (χ3n) is 3.01. The Morgan fingerprint density at radius 2 is 2.41 bits per heavy atom. The number of nitrogens with one attached hydrogen (secondary N) is 2. The van der Waals surface area contributed by atoms with Crippen LogP contribution in [-0.2, 0) is 0 Å². The van der Waals surface area contributed by atoms with Gasteiger partial charge in [-0.2, -0.15) is 4.98 Å². The van der Waals surface area contributed by atoms with E-state index in [0.717, 1.165) is 26.1 Å². The van der Waals surface area contributed by atoms with Crippen LogP contribution in [0.25, 0.3) is 0 Å². The summed E-state index contributed by atoms with van der Waals surface area (Å²) in [5.74, 6) is 0.860. The topological polar surface area (TPSA) is 53.1 Å². The Kier molecular flexibility index (Phi) is 3.73. The number of nitrogens with zero attached hydrogens (tertiary/aromatic N) is 3. The van der Waals surface area contributed by atoms with Crippen molar-refractivity contribution in [1.82, 2.24) is 14.9 Å². The molecule has 6 heteroatoms. The lowest BCUT2D eigenvalue weighted by Crippen LogP contribution is -2.20. The van der Waals surface area contributed by atoms with Crippen molar-refractivity contribution in [3.05, 3.63) is 12.0 Å². The first-order valence-corrected chi connectivity index (χ1v) is 5.81. The van der Waals surface area contributed by atoms with Gasteiger partial charge in [-0.05, 0) is 25.9 Å². The third kappa shape index (κ3) is 3.03. The highest BCUT2D eigenvalue weighted by Crippen LogP contribution is 2.17. The summed E-state index contributed by atoms with van der Waals surface area (Å²) in [6.45, 7) is 2.92. The predicted octanol–water partition coefficient (Wildman–Crippen LogP) is 1.02. The van der Waals surface area contributed by atoms with E-state index in [1.165, 1.54) is 6.20 Å². The fraction of sp³-hybridized carbons (Fsp3) is 0.636. The molecule has 0 amide bonds. The molecule has 2 heterocycles. The van der Waals surface area contributed by atoms with Crippen LogP contribution in [0.4, 0.5) is 16.2 Å². The standard InChI is InChI=1S/C11H18FN5/c1-13-11-15-6-9(12)10(16-11)14-5-8-3-4-17(2)7-8/h6,8H,3-5,7H2,1-2H3,(H2,13,14,15,16). The first-order valence-electron chi connectivity index (χ1n) is 5.81. The Morgan fingerprint density at radius 1 is 1.59 bits per heavy atom. The predicted molar refractivity (Wildman–Crippen MR) is 65.6 cm³/mol. The molecule has 17 heavy (non-hydrogen) atoms. The van der Waals surface area contributed by atoms with Gasteiger partial charge in [0, 0.05) is 20.1 Å². The number of hydrogen-bond acceptors (Lipinski definition) is 5. The maximum Gasteiger partial charge on any atom is 0.224 e. The lowest BCUT2D eigenvalue weighted by atomic mass is 10.1. The summed E-state index contributed by atoms with van der Waals surface area (Å²) in [7, 11) is 3.81. The average molecular weight is 239 g/mol. The van der Waals surface area contributed by atoms with Crippen molar-refractivity contribution in [3.8, 4) is 0 Å². The van der Waals surface area contributed by atoms with E-state index >= 15 is 0 Å². The molecule has 1 aliphatic rings. The Balaban J connectivity index is 1.94. The van der Waals surface area contributed by atoms with Crippen LogP contribution in [-0.4, -0.2) is 48.6 Å². The zero-order chi connectivity index (χ0) is 12.3. The molecule has 0 saturated carbocycles. The number of hydrogen-bond donors (Lipinski definition) is 2. The zero-order valence-electron chi connectivity index (χ0n) is 10.2. The quantitative estimate of drug-likeness (QED) is 0.821. The summed E-state index contributed by atoms with van der Waals surface area (Å²) < 4.78 is 13.4. The highest BCUT2D eigenvalue weighted by molar-refractivity contribution is 5.40. The largest absolute Gasteiger partial charge is 0.367 e. The fourth-order valence-electron chi connectivity index (χ4n) is 2.05. The summed E-state index contributed by atoms with van der Waals surface area (Å²) in [5, 5.41) is 5.85. The van der Waals surface area contributed by atoms with E-state index in [0.29, 0.717) is 11.9 Å². The van der Waals surface area contributed by atoms with Gasteiger partial charge in [0.05, 0.1) is 6.20 Å². The van der Waals surface area contributed by atoms with E-state index in [1.54, 1.807) is 7.05 Å². The van der Waals surface area contributed by atoms with E-state index < -0.39 is 5.82 Å². The van der Waals surface area contributed by atoms with Crippen molar-refractivity contribution in [2.45, 2.75) is 6.42 Å². The Bertz CT molecular complexity index is 384. The fourth-order valence-corrected chi connectivity index (χ4v) is 2.05. The van der Waals surface area contributed by atoms with Crippen LogP contribution in [0.15, 0.2) is 6.20 Å². The van der Waals surface area contributed by atoms with Crippen LogP contribution in [0, 0.1) is 11.7 Å². The molecule has 0 aliphatic carbocycles. The molecule has 5 nitrogen and oxygen atoms in total. The lowest BCUT2D eigenvalue weighted by Gasteiger charge is -2.12. The van der Waals surface area contributed by atoms with Gasteiger partial charge in [-0.15, -0.1) is 0 Å². The number of aromatic nitrogens is 2. The Morgan fingerprint density at radius 3 is 3.06 bits per heavy atom. The van der Waals surface area contributed by atoms with Crippen LogP contribution < -0.4 is 10.6 Å². The summed E-state index contributed by atoms with van der Waals surface area (Å²) in [6, 6.07) is 0. The van der Waals surface area contributed by atoms with Gasteiger partial charge in [0.1, 0.15) is 0 Å². The molecule has 1 aliphatic heterocycles. The van der Waals surface area contributed by atoms with Crippen LogP contribution in [0.1, 0.15) is 6.42 Å². The first-order chi connectivity index (χ1) is 8.19. The molecule has 1 atom stereocenters. The molecule has 1 saturated heterocycles. The van der Waals surface area contributed by atoms with Crippen LogP contribution in [0.5, 0.6) is 0 Å². The molecule has 0 radical (unpaired) electrons. The minimum Gasteiger partial charge on any atom is -0.367 e. The molecular formula is C11H18FN5. The van der Waals surface area contributed by atoms with Crippen molar-refractivity contribution in [3.63, 3.8) is 0 Å². The van der Waals surface area contributed by atoms with Gasteiger partial charge in [-0.1, -0.05) is 0 Å². The summed E-state index contributed by atoms with van der Waals surface area (Å²) >= 11 is 0. The maximum atomic E-state index is 13.4. The highest BCUT2D eigenvalue weighted by Gasteiger charge is 2.19. The second kappa shape index (κ2) is 5.27. The molecule has 1 fully saturated rings. The van der Waals surface area contributed by atoms with E-state index in [9.17, 15) is 4.39 Å². The summed E-state index contributed by atoms with van der Waals surface area (Å²) in [6.07, 6.45) is 2.33. The minimum absolute atomic E-state index is 0.277. The molecule has 0 spiro atoms. The SMILES string of the molecule is CNc1ncc(F)c(NCC2CCN(C)C2)n1. The van der Waals surface area contributed by atoms with Gasteiger partial charge >= 0.3 is 0 Å². The highest BCUT2D eigenvalue weighted by atomic mass is 19.1. The number of anilines is 2. The average Bonchev–Trinajstić information content (AvgIpc) is 2.74. The Hall–Kier alpha value is -1.43. The van der Waals surface area contributed by atoms with Gasteiger partial charge in [0.25, 0.3) is 0 Å². The third-order valence-corrected chi connectivity index (χ3v) is 3.01. The minimum atomic E-state index is -0.407. The van der Waals surface area contributed by atoms with Crippen molar-refractivity contribution in [2.24, 2.45) is 5.92 Å². The van der Waals surface area contributed by atoms with Gasteiger partial charge in [0.2, 0.25) is 5.95 Å². The molecular weight excluding hydrogens is 221 g/mol. The summed E-state index contributed by atoms with van der Waals surface area (Å²) in [4.78, 5) is 10.1. The van der Waals surface area contributed by atoms with Crippen molar-refractivity contribution >= 4 is 11.8 Å². The van der Waals surface area contributed by atoms with E-state index in [2.05, 4.69) is 32.5 Å². The van der Waals surface area contributed by atoms with Gasteiger partial charge < -0.3 is 15.5 Å². The molecule has 0 aromatic carbocycles. The van der Waals surface area contributed by atoms with E-state index in [4.69, 9.17) is 0 Å². The molecule has 1 aromatic rings. The number of halogens is 1. The van der Waals surface area contributed by atoms with Gasteiger partial charge in [0.15, 0.2) is 11.6 Å². The zero-order valence-corrected chi connectivity index (χ0v) is 10.2. The van der Waals surface area contributed by atoms with Crippen molar-refractivity contribution in [2.75, 3.05) is 44.4 Å².